The molecule has 15 heavy (non-hydrogen) atoms. The summed E-state index contributed by atoms with van der Waals surface area (Å²) in [5.74, 6) is 1.69. The summed E-state index contributed by atoms with van der Waals surface area (Å²) >= 11 is 0. The summed E-state index contributed by atoms with van der Waals surface area (Å²) in [6, 6.07) is 0.450. The van der Waals surface area contributed by atoms with Gasteiger partial charge < -0.3 is 11.1 Å². The van der Waals surface area contributed by atoms with E-state index in [0.29, 0.717) is 18.5 Å². The molecule has 0 aliphatic heterocycles. The van der Waals surface area contributed by atoms with Crippen molar-refractivity contribution in [2.75, 3.05) is 6.54 Å². The van der Waals surface area contributed by atoms with Crippen LogP contribution in [-0.2, 0) is 4.79 Å². The SMILES string of the molecule is CC1CC(NC(=O)[C@@H]2CCC[C@@H]2CN)C1. The summed E-state index contributed by atoms with van der Waals surface area (Å²) in [5, 5.41) is 3.16. The first kappa shape index (κ1) is 10.9. The Kier molecular flexibility index (Phi) is 3.29. The van der Waals surface area contributed by atoms with E-state index >= 15 is 0 Å². The summed E-state index contributed by atoms with van der Waals surface area (Å²) in [4.78, 5) is 12.0. The molecule has 0 heterocycles. The van der Waals surface area contributed by atoms with Crippen molar-refractivity contribution in [1.82, 2.24) is 5.32 Å². The molecule has 0 aromatic rings. The van der Waals surface area contributed by atoms with E-state index in [1.165, 1.54) is 6.42 Å². The first-order valence-electron chi connectivity index (χ1n) is 6.21. The first-order chi connectivity index (χ1) is 7.20. The highest BCUT2D eigenvalue weighted by Gasteiger charge is 2.34. The molecule has 2 fully saturated rings. The molecule has 1 amide bonds. The van der Waals surface area contributed by atoms with Gasteiger partial charge in [0, 0.05) is 12.0 Å². The summed E-state index contributed by atoms with van der Waals surface area (Å²) < 4.78 is 0. The normalized spacial score (nSPS) is 39.9. The Morgan fingerprint density at radius 1 is 1.40 bits per heavy atom. The highest BCUT2D eigenvalue weighted by atomic mass is 16.2. The highest BCUT2D eigenvalue weighted by Crippen LogP contribution is 2.32. The molecule has 3 nitrogen and oxygen atoms in total. The van der Waals surface area contributed by atoms with Crippen LogP contribution in [0.15, 0.2) is 0 Å². The Labute approximate surface area is 91.8 Å². The minimum Gasteiger partial charge on any atom is -0.353 e. The summed E-state index contributed by atoms with van der Waals surface area (Å²) in [6.45, 7) is 2.90. The van der Waals surface area contributed by atoms with Crippen LogP contribution in [-0.4, -0.2) is 18.5 Å². The third kappa shape index (κ3) is 2.33. The molecular weight excluding hydrogens is 188 g/mol. The number of amides is 1. The number of nitrogens with two attached hydrogens (primary N) is 1. The third-order valence-corrected chi connectivity index (χ3v) is 4.02. The maximum atomic E-state index is 12.0. The van der Waals surface area contributed by atoms with Gasteiger partial charge in [-0.3, -0.25) is 4.79 Å². The van der Waals surface area contributed by atoms with E-state index in [0.717, 1.165) is 31.6 Å². The summed E-state index contributed by atoms with van der Waals surface area (Å²) in [6.07, 6.45) is 5.66. The second-order valence-corrected chi connectivity index (χ2v) is 5.32. The van der Waals surface area contributed by atoms with Crippen LogP contribution in [0.25, 0.3) is 0 Å². The van der Waals surface area contributed by atoms with Gasteiger partial charge in [-0.1, -0.05) is 13.3 Å². The largest absolute Gasteiger partial charge is 0.353 e. The zero-order valence-electron chi connectivity index (χ0n) is 9.54. The molecule has 0 spiro atoms. The van der Waals surface area contributed by atoms with E-state index in [-0.39, 0.29) is 11.8 Å². The van der Waals surface area contributed by atoms with Crippen LogP contribution in [0.1, 0.15) is 39.0 Å². The zero-order valence-corrected chi connectivity index (χ0v) is 9.54. The molecule has 3 heteroatoms. The number of carbonyl (C=O) groups excluding carboxylic acids is 1. The average Bonchev–Trinajstić information content (AvgIpc) is 2.62. The number of nitrogens with one attached hydrogen (secondary N) is 1. The van der Waals surface area contributed by atoms with E-state index in [1.54, 1.807) is 0 Å². The lowest BCUT2D eigenvalue weighted by molar-refractivity contribution is -0.127. The fourth-order valence-electron chi connectivity index (χ4n) is 2.99. The lowest BCUT2D eigenvalue weighted by atomic mass is 9.81. The molecular formula is C12H22N2O. The molecule has 3 N–H and O–H groups in total. The van der Waals surface area contributed by atoms with Crippen LogP contribution in [0.4, 0.5) is 0 Å². The van der Waals surface area contributed by atoms with Crippen molar-refractivity contribution in [3.8, 4) is 0 Å². The van der Waals surface area contributed by atoms with E-state index in [2.05, 4.69) is 12.2 Å². The van der Waals surface area contributed by atoms with E-state index in [4.69, 9.17) is 5.73 Å². The second-order valence-electron chi connectivity index (χ2n) is 5.32. The van der Waals surface area contributed by atoms with Gasteiger partial charge in [0.15, 0.2) is 0 Å². The standard InChI is InChI=1S/C12H22N2O/c1-8-5-10(6-8)14-12(15)11-4-2-3-9(11)7-13/h8-11H,2-7,13H2,1H3,(H,14,15)/t8?,9-,10?,11-/m1/s1. The van der Waals surface area contributed by atoms with Crippen molar-refractivity contribution in [2.24, 2.45) is 23.5 Å². The molecule has 0 aromatic heterocycles. The fraction of sp³-hybridized carbons (Fsp3) is 0.917. The van der Waals surface area contributed by atoms with Gasteiger partial charge in [0.2, 0.25) is 5.91 Å². The molecule has 0 saturated heterocycles. The molecule has 2 saturated carbocycles. The Hall–Kier alpha value is -0.570. The van der Waals surface area contributed by atoms with E-state index in [9.17, 15) is 4.79 Å². The predicted molar refractivity (Wildman–Crippen MR) is 60.2 cm³/mol. The van der Waals surface area contributed by atoms with Gasteiger partial charge in [-0.05, 0) is 44.1 Å². The molecule has 0 aromatic carbocycles. The molecule has 2 rings (SSSR count). The number of carbonyl (C=O) groups is 1. The number of hydrogen-bond donors (Lipinski definition) is 2. The monoisotopic (exact) mass is 210 g/mol. The molecule has 2 aliphatic rings. The molecule has 0 unspecified atom stereocenters. The van der Waals surface area contributed by atoms with Gasteiger partial charge in [-0.15, -0.1) is 0 Å². The minimum absolute atomic E-state index is 0.200. The highest BCUT2D eigenvalue weighted by molar-refractivity contribution is 5.79. The lowest BCUT2D eigenvalue weighted by Crippen LogP contribution is -2.46. The van der Waals surface area contributed by atoms with Crippen molar-refractivity contribution < 1.29 is 4.79 Å². The quantitative estimate of drug-likeness (QED) is 0.737. The Balaban J connectivity index is 1.80. The van der Waals surface area contributed by atoms with Crippen LogP contribution < -0.4 is 11.1 Å². The van der Waals surface area contributed by atoms with Gasteiger partial charge in [0.05, 0.1) is 0 Å². The lowest BCUT2D eigenvalue weighted by Gasteiger charge is -2.34. The van der Waals surface area contributed by atoms with Gasteiger partial charge in [0.1, 0.15) is 0 Å². The van der Waals surface area contributed by atoms with Crippen LogP contribution in [0, 0.1) is 17.8 Å². The Morgan fingerprint density at radius 3 is 2.73 bits per heavy atom. The first-order valence-corrected chi connectivity index (χ1v) is 6.21. The summed E-state index contributed by atoms with van der Waals surface area (Å²) in [7, 11) is 0. The Bertz CT molecular complexity index is 236. The minimum atomic E-state index is 0.200. The number of hydrogen-bond acceptors (Lipinski definition) is 2. The topological polar surface area (TPSA) is 55.1 Å². The van der Waals surface area contributed by atoms with E-state index in [1.807, 2.05) is 0 Å². The van der Waals surface area contributed by atoms with Crippen LogP contribution in [0.2, 0.25) is 0 Å². The number of rotatable bonds is 3. The second kappa shape index (κ2) is 4.52. The smallest absolute Gasteiger partial charge is 0.223 e. The molecule has 0 radical (unpaired) electrons. The van der Waals surface area contributed by atoms with E-state index < -0.39 is 0 Å². The zero-order chi connectivity index (χ0) is 10.8. The van der Waals surface area contributed by atoms with Crippen LogP contribution >= 0.6 is 0 Å². The maximum absolute atomic E-state index is 12.0. The van der Waals surface area contributed by atoms with Crippen LogP contribution in [0.3, 0.4) is 0 Å². The average molecular weight is 210 g/mol. The summed E-state index contributed by atoms with van der Waals surface area (Å²) in [5.41, 5.74) is 5.68. The molecule has 86 valence electrons. The van der Waals surface area contributed by atoms with Crippen molar-refractivity contribution in [3.63, 3.8) is 0 Å². The van der Waals surface area contributed by atoms with Crippen molar-refractivity contribution in [3.05, 3.63) is 0 Å². The van der Waals surface area contributed by atoms with Crippen molar-refractivity contribution >= 4 is 5.91 Å². The van der Waals surface area contributed by atoms with Gasteiger partial charge in [-0.25, -0.2) is 0 Å². The molecule has 0 bridgehead atoms. The fourth-order valence-corrected chi connectivity index (χ4v) is 2.99. The Morgan fingerprint density at radius 2 is 2.13 bits per heavy atom. The van der Waals surface area contributed by atoms with Crippen molar-refractivity contribution in [1.29, 1.82) is 0 Å². The van der Waals surface area contributed by atoms with Crippen LogP contribution in [0.5, 0.6) is 0 Å². The molecule has 2 atom stereocenters. The third-order valence-electron chi connectivity index (χ3n) is 4.02. The maximum Gasteiger partial charge on any atom is 0.223 e. The van der Waals surface area contributed by atoms with Gasteiger partial charge >= 0.3 is 0 Å². The van der Waals surface area contributed by atoms with Crippen molar-refractivity contribution in [2.45, 2.75) is 45.1 Å². The predicted octanol–water partition coefficient (Wildman–Crippen LogP) is 1.28. The van der Waals surface area contributed by atoms with Gasteiger partial charge in [0.25, 0.3) is 0 Å². The molecule has 2 aliphatic carbocycles. The van der Waals surface area contributed by atoms with Gasteiger partial charge in [-0.2, -0.15) is 0 Å².